The van der Waals surface area contributed by atoms with Gasteiger partial charge in [0.25, 0.3) is 0 Å². The van der Waals surface area contributed by atoms with E-state index in [1.54, 1.807) is 11.7 Å². The topological polar surface area (TPSA) is 63.5 Å². The molecule has 1 amide bonds. The molecule has 1 heterocycles. The first-order chi connectivity index (χ1) is 8.67. The zero-order valence-electron chi connectivity index (χ0n) is 11.1. The normalized spacial score (nSPS) is 12.4. The number of aromatic nitrogens is 1. The van der Waals surface area contributed by atoms with Crippen LogP contribution in [0.2, 0.25) is 0 Å². The van der Waals surface area contributed by atoms with Crippen LogP contribution >= 0.6 is 0 Å². The highest BCUT2D eigenvalue weighted by molar-refractivity contribution is 5.75. The third-order valence-corrected chi connectivity index (χ3v) is 2.72. The number of nitrogens with one attached hydrogen (secondary N) is 1. The Morgan fingerprint density at radius 2 is 2.39 bits per heavy atom. The molecule has 5 nitrogen and oxygen atoms in total. The fourth-order valence-corrected chi connectivity index (χ4v) is 1.66. The van der Waals surface area contributed by atoms with Crippen LogP contribution in [-0.4, -0.2) is 35.8 Å². The van der Waals surface area contributed by atoms with Gasteiger partial charge in [0, 0.05) is 32.7 Å². The number of aliphatic hydroxyl groups excluding tert-OH is 1. The molecule has 0 aliphatic rings. The van der Waals surface area contributed by atoms with Crippen molar-refractivity contribution in [3.05, 3.63) is 24.0 Å². The first-order valence-electron chi connectivity index (χ1n) is 6.26. The lowest BCUT2D eigenvalue weighted by Crippen LogP contribution is -2.28. The molecule has 1 aromatic rings. The van der Waals surface area contributed by atoms with Crippen LogP contribution < -0.4 is 5.32 Å². The Morgan fingerprint density at radius 1 is 1.61 bits per heavy atom. The average molecular weight is 254 g/mol. The van der Waals surface area contributed by atoms with E-state index in [-0.39, 0.29) is 12.5 Å². The van der Waals surface area contributed by atoms with Crippen LogP contribution in [0.25, 0.3) is 0 Å². The lowest BCUT2D eigenvalue weighted by molar-refractivity contribution is -0.121. The van der Waals surface area contributed by atoms with Crippen molar-refractivity contribution in [2.75, 3.05) is 20.3 Å². The summed E-state index contributed by atoms with van der Waals surface area (Å²) >= 11 is 0. The minimum absolute atomic E-state index is 0.0285. The molecule has 2 N–H and O–H groups in total. The highest BCUT2D eigenvalue weighted by Crippen LogP contribution is 2.15. The number of ether oxygens (including phenoxy) is 1. The number of carbonyl (C=O) groups is 1. The third kappa shape index (κ3) is 4.89. The van der Waals surface area contributed by atoms with E-state index in [0.717, 1.165) is 12.0 Å². The Kier molecular flexibility index (Phi) is 6.46. The van der Waals surface area contributed by atoms with Crippen LogP contribution in [0.3, 0.4) is 0 Å². The number of amides is 1. The number of rotatable bonds is 8. The molecule has 0 fully saturated rings. The number of hydrogen-bond donors (Lipinski definition) is 2. The van der Waals surface area contributed by atoms with Crippen molar-refractivity contribution in [3.63, 3.8) is 0 Å². The number of carbonyl (C=O) groups excluding carboxylic acids is 1. The maximum absolute atomic E-state index is 11.6. The third-order valence-electron chi connectivity index (χ3n) is 2.72. The minimum Gasteiger partial charge on any atom is -0.388 e. The standard InChI is InChI=1S/C13H22N2O3/c1-3-12(16)11-5-7-15(9-11)10-13(17)14-6-4-8-18-2/h5,7,9,12,16H,3-4,6,8,10H2,1-2H3,(H,14,17). The van der Waals surface area contributed by atoms with E-state index in [1.165, 1.54) is 0 Å². The molecule has 0 aliphatic heterocycles. The molecule has 18 heavy (non-hydrogen) atoms. The number of aliphatic hydroxyl groups is 1. The van der Waals surface area contributed by atoms with Gasteiger partial charge in [0.1, 0.15) is 6.54 Å². The molecule has 0 saturated carbocycles. The highest BCUT2D eigenvalue weighted by Gasteiger charge is 2.08. The molecule has 1 aromatic heterocycles. The van der Waals surface area contributed by atoms with Gasteiger partial charge in [-0.3, -0.25) is 4.79 Å². The van der Waals surface area contributed by atoms with Gasteiger partial charge in [0.05, 0.1) is 6.10 Å². The van der Waals surface area contributed by atoms with Gasteiger partial charge in [0.2, 0.25) is 5.91 Å². The Morgan fingerprint density at radius 3 is 3.06 bits per heavy atom. The van der Waals surface area contributed by atoms with Crippen LogP contribution in [0, 0.1) is 0 Å². The largest absolute Gasteiger partial charge is 0.388 e. The maximum Gasteiger partial charge on any atom is 0.239 e. The van der Waals surface area contributed by atoms with Crippen LogP contribution in [0.4, 0.5) is 0 Å². The average Bonchev–Trinajstić information content (AvgIpc) is 2.82. The first-order valence-corrected chi connectivity index (χ1v) is 6.26. The molecule has 1 rings (SSSR count). The summed E-state index contributed by atoms with van der Waals surface area (Å²) in [7, 11) is 1.64. The molecule has 0 radical (unpaired) electrons. The van der Waals surface area contributed by atoms with E-state index in [1.807, 2.05) is 25.4 Å². The van der Waals surface area contributed by atoms with Gasteiger partial charge in [0.15, 0.2) is 0 Å². The summed E-state index contributed by atoms with van der Waals surface area (Å²) in [5.41, 5.74) is 0.852. The maximum atomic E-state index is 11.6. The quantitative estimate of drug-likeness (QED) is 0.682. The molecular formula is C13H22N2O3. The Hall–Kier alpha value is -1.33. The van der Waals surface area contributed by atoms with Gasteiger partial charge in [-0.15, -0.1) is 0 Å². The molecule has 0 bridgehead atoms. The summed E-state index contributed by atoms with van der Waals surface area (Å²) in [6.45, 7) is 3.48. The lowest BCUT2D eigenvalue weighted by atomic mass is 10.1. The van der Waals surface area contributed by atoms with Crippen LogP contribution in [0.5, 0.6) is 0 Å². The minimum atomic E-state index is -0.448. The van der Waals surface area contributed by atoms with Gasteiger partial charge in [-0.1, -0.05) is 6.92 Å². The van der Waals surface area contributed by atoms with Crippen molar-refractivity contribution >= 4 is 5.91 Å². The molecule has 0 aliphatic carbocycles. The second-order valence-corrected chi connectivity index (χ2v) is 4.24. The Bertz CT molecular complexity index is 363. The second kappa shape index (κ2) is 7.89. The number of nitrogens with zero attached hydrogens (tertiary/aromatic N) is 1. The summed E-state index contributed by atoms with van der Waals surface area (Å²) in [6, 6.07) is 1.84. The number of hydrogen-bond acceptors (Lipinski definition) is 3. The van der Waals surface area contributed by atoms with E-state index in [0.29, 0.717) is 19.6 Å². The smallest absolute Gasteiger partial charge is 0.239 e. The van der Waals surface area contributed by atoms with Crippen molar-refractivity contribution in [1.82, 2.24) is 9.88 Å². The van der Waals surface area contributed by atoms with Crippen LogP contribution in [0.1, 0.15) is 31.4 Å². The summed E-state index contributed by atoms with van der Waals surface area (Å²) in [4.78, 5) is 11.6. The fourth-order valence-electron chi connectivity index (χ4n) is 1.66. The molecule has 1 atom stereocenters. The van der Waals surface area contributed by atoms with E-state index in [2.05, 4.69) is 5.32 Å². The second-order valence-electron chi connectivity index (χ2n) is 4.24. The summed E-state index contributed by atoms with van der Waals surface area (Å²) < 4.78 is 6.68. The van der Waals surface area contributed by atoms with Gasteiger partial charge in [-0.2, -0.15) is 0 Å². The predicted molar refractivity (Wildman–Crippen MR) is 69.2 cm³/mol. The van der Waals surface area contributed by atoms with Gasteiger partial charge < -0.3 is 19.7 Å². The Labute approximate surface area is 108 Å². The van der Waals surface area contributed by atoms with Gasteiger partial charge in [-0.05, 0) is 24.5 Å². The zero-order valence-corrected chi connectivity index (χ0v) is 11.1. The Balaban J connectivity index is 2.33. The van der Waals surface area contributed by atoms with Crippen molar-refractivity contribution < 1.29 is 14.6 Å². The molecule has 0 aromatic carbocycles. The van der Waals surface area contributed by atoms with Crippen molar-refractivity contribution in [3.8, 4) is 0 Å². The molecule has 0 saturated heterocycles. The predicted octanol–water partition coefficient (Wildman–Crippen LogP) is 1.08. The van der Waals surface area contributed by atoms with Crippen molar-refractivity contribution in [2.24, 2.45) is 0 Å². The molecule has 0 spiro atoms. The number of methoxy groups -OCH3 is 1. The lowest BCUT2D eigenvalue weighted by Gasteiger charge is -2.06. The van der Waals surface area contributed by atoms with Crippen molar-refractivity contribution in [1.29, 1.82) is 0 Å². The molecule has 5 heteroatoms. The fraction of sp³-hybridized carbons (Fsp3) is 0.615. The van der Waals surface area contributed by atoms with E-state index in [9.17, 15) is 9.90 Å². The molecular weight excluding hydrogens is 232 g/mol. The summed E-state index contributed by atoms with van der Waals surface area (Å²) in [5.74, 6) is -0.0285. The first kappa shape index (κ1) is 14.7. The molecule has 1 unspecified atom stereocenters. The SMILES string of the molecule is CCC(O)c1ccn(CC(=O)NCCCOC)c1. The summed E-state index contributed by atoms with van der Waals surface area (Å²) in [6.07, 6.45) is 4.66. The van der Waals surface area contributed by atoms with E-state index < -0.39 is 6.10 Å². The van der Waals surface area contributed by atoms with E-state index in [4.69, 9.17) is 4.74 Å². The monoisotopic (exact) mass is 254 g/mol. The zero-order chi connectivity index (χ0) is 13.4. The van der Waals surface area contributed by atoms with Crippen LogP contribution in [-0.2, 0) is 16.1 Å². The van der Waals surface area contributed by atoms with Crippen LogP contribution in [0.15, 0.2) is 18.5 Å². The van der Waals surface area contributed by atoms with Crippen molar-refractivity contribution in [2.45, 2.75) is 32.4 Å². The summed E-state index contributed by atoms with van der Waals surface area (Å²) in [5, 5.41) is 12.5. The van der Waals surface area contributed by atoms with Gasteiger partial charge >= 0.3 is 0 Å². The van der Waals surface area contributed by atoms with E-state index >= 15 is 0 Å². The molecule has 102 valence electrons. The van der Waals surface area contributed by atoms with Gasteiger partial charge in [-0.25, -0.2) is 0 Å². The highest BCUT2D eigenvalue weighted by atomic mass is 16.5.